The van der Waals surface area contributed by atoms with E-state index >= 15 is 0 Å². The number of aromatic hydroxyl groups is 1. The molecule has 2 aliphatic heterocycles. The van der Waals surface area contributed by atoms with Crippen LogP contribution in [0.3, 0.4) is 0 Å². The van der Waals surface area contributed by atoms with E-state index in [2.05, 4.69) is 32.9 Å². The summed E-state index contributed by atoms with van der Waals surface area (Å²) in [5, 5.41) is 18.6. The highest BCUT2D eigenvalue weighted by molar-refractivity contribution is 8.00. The molecule has 3 heterocycles. The van der Waals surface area contributed by atoms with Crippen molar-refractivity contribution in [2.45, 2.75) is 5.37 Å². The van der Waals surface area contributed by atoms with E-state index in [-0.39, 0.29) is 23.0 Å². The van der Waals surface area contributed by atoms with Gasteiger partial charge in [-0.2, -0.15) is 20.2 Å². The number of hydrogen-bond acceptors (Lipinski definition) is 10. The van der Waals surface area contributed by atoms with Crippen molar-refractivity contribution < 1.29 is 14.6 Å². The number of hydrogen-bond donors (Lipinski definition) is 1. The van der Waals surface area contributed by atoms with Gasteiger partial charge in [-0.25, -0.2) is 0 Å². The van der Waals surface area contributed by atoms with E-state index < -0.39 is 0 Å². The number of nitrogens with zero attached hydrogens (tertiary/aromatic N) is 7. The molecule has 1 aromatic heterocycles. The highest BCUT2D eigenvalue weighted by Crippen LogP contribution is 2.42. The minimum Gasteiger partial charge on any atom is -0.508 e. The standard InChI is InChI=1S/C30H27N7O3S/c1-35-14-16-36(17-15-35)29-32-27(33-30(34-29)40-25-12-2-20(18-31)3-13-25)21-4-8-23(9-5-21)37-26(39)19-41-28(37)22-6-10-24(38)11-7-22/h2-13,28,38H,14-17,19H2,1H3. The van der Waals surface area contributed by atoms with E-state index in [1.807, 2.05) is 36.4 Å². The van der Waals surface area contributed by atoms with Crippen molar-refractivity contribution in [2.24, 2.45) is 0 Å². The maximum absolute atomic E-state index is 12.9. The van der Waals surface area contributed by atoms with E-state index in [0.717, 1.165) is 43.0 Å². The normalized spacial score (nSPS) is 17.5. The first-order chi connectivity index (χ1) is 20.0. The van der Waals surface area contributed by atoms with Gasteiger partial charge in [0.25, 0.3) is 0 Å². The molecule has 6 rings (SSSR count). The molecule has 0 spiro atoms. The predicted octanol–water partition coefficient (Wildman–Crippen LogP) is 4.44. The van der Waals surface area contributed by atoms with Crippen molar-refractivity contribution in [3.63, 3.8) is 0 Å². The first-order valence-electron chi connectivity index (χ1n) is 13.2. The summed E-state index contributed by atoms with van der Waals surface area (Å²) in [5.74, 6) is 2.11. The number of ether oxygens (including phenoxy) is 1. The Bertz CT molecular complexity index is 1580. The fraction of sp³-hybridized carbons (Fsp3) is 0.233. The fourth-order valence-corrected chi connectivity index (χ4v) is 5.91. The number of anilines is 2. The van der Waals surface area contributed by atoms with Crippen molar-refractivity contribution >= 4 is 29.3 Å². The summed E-state index contributed by atoms with van der Waals surface area (Å²) in [7, 11) is 2.09. The number of benzene rings is 3. The van der Waals surface area contributed by atoms with Gasteiger partial charge in [-0.3, -0.25) is 9.69 Å². The van der Waals surface area contributed by atoms with Gasteiger partial charge >= 0.3 is 6.01 Å². The molecule has 1 amide bonds. The highest BCUT2D eigenvalue weighted by Gasteiger charge is 2.34. The van der Waals surface area contributed by atoms with Gasteiger partial charge in [0.1, 0.15) is 16.9 Å². The van der Waals surface area contributed by atoms with Crippen LogP contribution in [0.2, 0.25) is 0 Å². The summed E-state index contributed by atoms with van der Waals surface area (Å²) >= 11 is 1.55. The number of aromatic nitrogens is 3. The van der Waals surface area contributed by atoms with Crippen LogP contribution in [0.15, 0.2) is 72.8 Å². The van der Waals surface area contributed by atoms with Crippen molar-refractivity contribution in [1.82, 2.24) is 19.9 Å². The third-order valence-electron chi connectivity index (χ3n) is 7.03. The molecule has 0 aliphatic carbocycles. The Balaban J connectivity index is 1.30. The van der Waals surface area contributed by atoms with Gasteiger partial charge in [0, 0.05) is 37.4 Å². The molecule has 0 bridgehead atoms. The fourth-order valence-electron chi connectivity index (χ4n) is 4.73. The summed E-state index contributed by atoms with van der Waals surface area (Å²) in [4.78, 5) is 33.0. The number of phenols is 1. The zero-order valence-corrected chi connectivity index (χ0v) is 23.2. The summed E-state index contributed by atoms with van der Waals surface area (Å²) in [6.45, 7) is 3.35. The van der Waals surface area contributed by atoms with Crippen LogP contribution in [0.4, 0.5) is 11.6 Å². The molecule has 0 radical (unpaired) electrons. The molecule has 41 heavy (non-hydrogen) atoms. The lowest BCUT2D eigenvalue weighted by atomic mass is 10.1. The van der Waals surface area contributed by atoms with Gasteiger partial charge in [-0.1, -0.05) is 12.1 Å². The highest BCUT2D eigenvalue weighted by atomic mass is 32.2. The molecule has 1 N–H and O–H groups in total. The predicted molar refractivity (Wildman–Crippen MR) is 157 cm³/mol. The number of carbonyl (C=O) groups is 1. The summed E-state index contributed by atoms with van der Waals surface area (Å²) in [6.07, 6.45) is 0. The molecule has 1 atom stereocenters. The van der Waals surface area contributed by atoms with Crippen LogP contribution < -0.4 is 14.5 Å². The largest absolute Gasteiger partial charge is 0.508 e. The van der Waals surface area contributed by atoms with E-state index in [1.165, 1.54) is 0 Å². The van der Waals surface area contributed by atoms with Crippen molar-refractivity contribution in [3.05, 3.63) is 83.9 Å². The lowest BCUT2D eigenvalue weighted by Gasteiger charge is -2.32. The molecule has 1 unspecified atom stereocenters. The van der Waals surface area contributed by atoms with Gasteiger partial charge in [0.15, 0.2) is 5.82 Å². The van der Waals surface area contributed by atoms with Crippen LogP contribution in [-0.2, 0) is 4.79 Å². The first-order valence-corrected chi connectivity index (χ1v) is 14.2. The second-order valence-electron chi connectivity index (χ2n) is 9.84. The van der Waals surface area contributed by atoms with Crippen LogP contribution in [0, 0.1) is 11.3 Å². The zero-order valence-electron chi connectivity index (χ0n) is 22.3. The van der Waals surface area contributed by atoms with E-state index in [4.69, 9.17) is 15.0 Å². The van der Waals surface area contributed by atoms with E-state index in [0.29, 0.717) is 28.8 Å². The molecule has 2 saturated heterocycles. The molecule has 2 aliphatic rings. The SMILES string of the molecule is CN1CCN(c2nc(Oc3ccc(C#N)cc3)nc(-c3ccc(N4C(=O)CSC4c4ccc(O)cc4)cc3)n2)CC1. The average molecular weight is 566 g/mol. The quantitative estimate of drug-likeness (QED) is 0.359. The Hall–Kier alpha value is -4.66. The van der Waals surface area contributed by atoms with Crippen molar-refractivity contribution in [3.8, 4) is 35.0 Å². The van der Waals surface area contributed by atoms with Crippen LogP contribution in [0.5, 0.6) is 17.5 Å². The van der Waals surface area contributed by atoms with Gasteiger partial charge in [-0.05, 0) is 73.3 Å². The van der Waals surface area contributed by atoms with Crippen molar-refractivity contribution in [2.75, 3.05) is 48.8 Å². The molecule has 10 nitrogen and oxygen atoms in total. The van der Waals surface area contributed by atoms with Crippen LogP contribution in [0.25, 0.3) is 11.4 Å². The molecule has 0 saturated carbocycles. The van der Waals surface area contributed by atoms with E-state index in [9.17, 15) is 9.90 Å². The van der Waals surface area contributed by atoms with E-state index in [1.54, 1.807) is 53.1 Å². The number of rotatable bonds is 6. The van der Waals surface area contributed by atoms with Crippen LogP contribution >= 0.6 is 11.8 Å². The second kappa shape index (κ2) is 11.4. The number of carbonyl (C=O) groups excluding carboxylic acids is 1. The number of piperazine rings is 1. The average Bonchev–Trinajstić information content (AvgIpc) is 3.39. The Morgan fingerprint density at radius 2 is 1.63 bits per heavy atom. The number of nitriles is 1. The van der Waals surface area contributed by atoms with Crippen molar-refractivity contribution in [1.29, 1.82) is 5.26 Å². The topological polar surface area (TPSA) is 119 Å². The molecule has 2 fully saturated rings. The molecule has 4 aromatic rings. The number of phenolic OH excluding ortho intramolecular Hbond substituents is 1. The number of likely N-dealkylation sites (N-methyl/N-ethyl adjacent to an activating group) is 1. The molecule has 3 aromatic carbocycles. The van der Waals surface area contributed by atoms with Gasteiger partial charge in [0.2, 0.25) is 11.9 Å². The Labute approximate surface area is 241 Å². The lowest BCUT2D eigenvalue weighted by molar-refractivity contribution is -0.115. The van der Waals surface area contributed by atoms with Crippen LogP contribution in [-0.4, -0.2) is 69.8 Å². The Morgan fingerprint density at radius 3 is 2.32 bits per heavy atom. The third kappa shape index (κ3) is 5.79. The van der Waals surface area contributed by atoms with Gasteiger partial charge < -0.3 is 19.6 Å². The summed E-state index contributed by atoms with van der Waals surface area (Å²) < 4.78 is 6.00. The summed E-state index contributed by atoms with van der Waals surface area (Å²) in [6, 6.07) is 23.6. The molecular formula is C30H27N7O3S. The third-order valence-corrected chi connectivity index (χ3v) is 8.24. The Kier molecular flexibility index (Phi) is 7.41. The van der Waals surface area contributed by atoms with Gasteiger partial charge in [-0.15, -0.1) is 11.8 Å². The Morgan fingerprint density at radius 1 is 0.927 bits per heavy atom. The van der Waals surface area contributed by atoms with Gasteiger partial charge in [0.05, 0.1) is 17.4 Å². The first kappa shape index (κ1) is 26.6. The molecule has 206 valence electrons. The monoisotopic (exact) mass is 565 g/mol. The van der Waals surface area contributed by atoms with Crippen LogP contribution in [0.1, 0.15) is 16.5 Å². The minimum absolute atomic E-state index is 0.0245. The smallest absolute Gasteiger partial charge is 0.327 e. The number of amides is 1. The maximum atomic E-state index is 12.9. The lowest BCUT2D eigenvalue weighted by Crippen LogP contribution is -2.45. The second-order valence-corrected chi connectivity index (χ2v) is 10.9. The minimum atomic E-state index is -0.178. The number of thioether (sulfide) groups is 1. The molecular weight excluding hydrogens is 538 g/mol. The summed E-state index contributed by atoms with van der Waals surface area (Å²) in [5.41, 5.74) is 3.01. The zero-order chi connectivity index (χ0) is 28.3. The maximum Gasteiger partial charge on any atom is 0.327 e. The molecule has 11 heteroatoms.